The van der Waals surface area contributed by atoms with Gasteiger partial charge in [-0.05, 0) is 37.8 Å². The number of fused-ring (bicyclic) bond motifs is 1. The van der Waals surface area contributed by atoms with E-state index in [4.69, 9.17) is 9.84 Å². The van der Waals surface area contributed by atoms with Crippen molar-refractivity contribution < 1.29 is 4.74 Å². The van der Waals surface area contributed by atoms with Crippen LogP contribution in [0.5, 0.6) is 0 Å². The number of hydrogen-bond donors (Lipinski definition) is 1. The second-order valence-corrected chi connectivity index (χ2v) is 6.24. The molecule has 118 valence electrons. The molecule has 1 saturated heterocycles. The molecule has 1 fully saturated rings. The van der Waals surface area contributed by atoms with Gasteiger partial charge >= 0.3 is 0 Å². The minimum atomic E-state index is 0.693. The summed E-state index contributed by atoms with van der Waals surface area (Å²) >= 11 is 0. The summed E-state index contributed by atoms with van der Waals surface area (Å²) in [5.41, 5.74) is 2.25. The van der Waals surface area contributed by atoms with Crippen LogP contribution < -0.4 is 5.32 Å². The topological polar surface area (TPSA) is 56.9 Å². The molecule has 0 radical (unpaired) electrons. The van der Waals surface area contributed by atoms with E-state index in [1.165, 1.54) is 12.1 Å². The molecule has 2 aromatic heterocycles. The molecule has 0 aliphatic carbocycles. The van der Waals surface area contributed by atoms with E-state index < -0.39 is 0 Å². The molecule has 2 aliphatic rings. The second-order valence-electron chi connectivity index (χ2n) is 6.24. The van der Waals surface area contributed by atoms with Crippen molar-refractivity contribution in [1.29, 1.82) is 0 Å². The van der Waals surface area contributed by atoms with Gasteiger partial charge in [0.25, 0.3) is 0 Å². The summed E-state index contributed by atoms with van der Waals surface area (Å²) in [7, 11) is 0. The zero-order chi connectivity index (χ0) is 14.8. The van der Waals surface area contributed by atoms with E-state index in [9.17, 15) is 0 Å². The van der Waals surface area contributed by atoms with E-state index in [0.29, 0.717) is 5.92 Å². The second kappa shape index (κ2) is 6.22. The normalized spacial score (nSPS) is 21.7. The molecule has 2 aromatic rings. The summed E-state index contributed by atoms with van der Waals surface area (Å²) in [4.78, 5) is 4.53. The lowest BCUT2D eigenvalue weighted by molar-refractivity contribution is 0.183. The first-order valence-corrected chi connectivity index (χ1v) is 8.27. The van der Waals surface area contributed by atoms with E-state index in [1.54, 1.807) is 0 Å². The van der Waals surface area contributed by atoms with Crippen LogP contribution in [0.4, 0.5) is 0 Å². The van der Waals surface area contributed by atoms with Gasteiger partial charge in [-0.25, -0.2) is 4.98 Å². The predicted molar refractivity (Wildman–Crippen MR) is 83.3 cm³/mol. The smallest absolute Gasteiger partial charge is 0.160 e. The van der Waals surface area contributed by atoms with Crippen LogP contribution in [0.3, 0.4) is 0 Å². The Kier molecular flexibility index (Phi) is 3.95. The molecule has 0 spiro atoms. The number of ether oxygens (including phenoxy) is 1. The Balaban J connectivity index is 1.51. The Hall–Kier alpha value is -1.66. The highest BCUT2D eigenvalue weighted by molar-refractivity contribution is 5.50. The maximum atomic E-state index is 5.46. The molecule has 6 heteroatoms. The number of aryl methyl sites for hydroxylation is 2. The zero-order valence-corrected chi connectivity index (χ0v) is 12.9. The van der Waals surface area contributed by atoms with Crippen molar-refractivity contribution in [2.24, 2.45) is 5.92 Å². The first-order valence-electron chi connectivity index (χ1n) is 8.27. The molecule has 0 unspecified atom stereocenters. The maximum Gasteiger partial charge on any atom is 0.160 e. The highest BCUT2D eigenvalue weighted by Crippen LogP contribution is 2.22. The Morgan fingerprint density at radius 2 is 2.41 bits per heavy atom. The van der Waals surface area contributed by atoms with Crippen LogP contribution in [-0.2, 0) is 24.4 Å². The summed E-state index contributed by atoms with van der Waals surface area (Å²) in [5.74, 6) is 1.68. The number of imidazole rings is 1. The first-order chi connectivity index (χ1) is 10.9. The van der Waals surface area contributed by atoms with Crippen molar-refractivity contribution in [3.63, 3.8) is 0 Å². The van der Waals surface area contributed by atoms with Gasteiger partial charge in [-0.2, -0.15) is 5.10 Å². The van der Waals surface area contributed by atoms with Crippen LogP contribution >= 0.6 is 0 Å². The van der Waals surface area contributed by atoms with Gasteiger partial charge < -0.3 is 14.6 Å². The lowest BCUT2D eigenvalue weighted by Crippen LogP contribution is -2.11. The molecule has 0 saturated carbocycles. The van der Waals surface area contributed by atoms with Crippen molar-refractivity contribution in [2.75, 3.05) is 19.8 Å². The largest absolute Gasteiger partial charge is 0.381 e. The molecule has 4 rings (SSSR count). The van der Waals surface area contributed by atoms with E-state index in [-0.39, 0.29) is 0 Å². The molecule has 4 heterocycles. The highest BCUT2D eigenvalue weighted by atomic mass is 16.5. The van der Waals surface area contributed by atoms with Crippen molar-refractivity contribution in [2.45, 2.75) is 38.9 Å². The van der Waals surface area contributed by atoms with Gasteiger partial charge in [0, 0.05) is 45.2 Å². The van der Waals surface area contributed by atoms with Gasteiger partial charge in [-0.1, -0.05) is 0 Å². The van der Waals surface area contributed by atoms with Crippen LogP contribution in [0.25, 0.3) is 11.5 Å². The van der Waals surface area contributed by atoms with Crippen LogP contribution in [0.2, 0.25) is 0 Å². The van der Waals surface area contributed by atoms with Gasteiger partial charge in [0.05, 0.1) is 5.69 Å². The average molecular weight is 301 g/mol. The lowest BCUT2D eigenvalue weighted by atomic mass is 10.1. The van der Waals surface area contributed by atoms with E-state index in [2.05, 4.69) is 31.8 Å². The summed E-state index contributed by atoms with van der Waals surface area (Å²) in [6, 6.07) is 2.18. The molecule has 2 aliphatic heterocycles. The molecule has 0 amide bonds. The SMILES string of the molecule is c1cn(CC[C@@H]2CCOC2)c(-c2cc3n(n2)CCCNC3)n1. The first kappa shape index (κ1) is 14.0. The van der Waals surface area contributed by atoms with Gasteiger partial charge in [-0.15, -0.1) is 0 Å². The number of hydrogen-bond acceptors (Lipinski definition) is 4. The quantitative estimate of drug-likeness (QED) is 0.933. The monoisotopic (exact) mass is 301 g/mol. The predicted octanol–water partition coefficient (Wildman–Crippen LogP) is 1.67. The van der Waals surface area contributed by atoms with E-state index in [1.807, 2.05) is 6.20 Å². The summed E-state index contributed by atoms with van der Waals surface area (Å²) in [6.45, 7) is 5.77. The van der Waals surface area contributed by atoms with Crippen molar-refractivity contribution >= 4 is 0 Å². The standard InChI is InChI=1S/C16H23N5O/c1-4-17-11-14-10-15(19-21(14)6-1)16-18-5-8-20(16)7-2-13-3-9-22-12-13/h5,8,10,13,17H,1-4,6-7,9,11-12H2/t13-/m1/s1. The number of aromatic nitrogens is 4. The molecule has 22 heavy (non-hydrogen) atoms. The molecular weight excluding hydrogens is 278 g/mol. The third-order valence-electron chi connectivity index (χ3n) is 4.64. The van der Waals surface area contributed by atoms with Gasteiger partial charge in [0.15, 0.2) is 5.82 Å². The zero-order valence-electron chi connectivity index (χ0n) is 12.9. The molecule has 0 aromatic carbocycles. The summed E-state index contributed by atoms with van der Waals surface area (Å²) < 4.78 is 9.82. The third kappa shape index (κ3) is 2.80. The summed E-state index contributed by atoms with van der Waals surface area (Å²) in [5, 5.41) is 8.20. The Morgan fingerprint density at radius 1 is 1.41 bits per heavy atom. The van der Waals surface area contributed by atoms with Crippen molar-refractivity contribution in [1.82, 2.24) is 24.6 Å². The molecule has 1 N–H and O–H groups in total. The van der Waals surface area contributed by atoms with Crippen LogP contribution in [-0.4, -0.2) is 39.1 Å². The van der Waals surface area contributed by atoms with Crippen LogP contribution in [0.1, 0.15) is 25.0 Å². The van der Waals surface area contributed by atoms with E-state index >= 15 is 0 Å². The van der Waals surface area contributed by atoms with E-state index in [0.717, 1.165) is 63.8 Å². The number of nitrogens with zero attached hydrogens (tertiary/aromatic N) is 4. The lowest BCUT2D eigenvalue weighted by Gasteiger charge is -2.09. The Labute approximate surface area is 130 Å². The Bertz CT molecular complexity index is 603. The van der Waals surface area contributed by atoms with Crippen LogP contribution in [0, 0.1) is 5.92 Å². The molecule has 1 atom stereocenters. The fraction of sp³-hybridized carbons (Fsp3) is 0.625. The fourth-order valence-corrected chi connectivity index (χ4v) is 3.33. The maximum absolute atomic E-state index is 5.46. The van der Waals surface area contributed by atoms with Crippen molar-refractivity contribution in [3.8, 4) is 11.5 Å². The van der Waals surface area contributed by atoms with Gasteiger partial charge in [-0.3, -0.25) is 4.68 Å². The molecular formula is C16H23N5O. The molecule has 6 nitrogen and oxygen atoms in total. The van der Waals surface area contributed by atoms with Gasteiger partial charge in [0.1, 0.15) is 5.69 Å². The minimum absolute atomic E-state index is 0.693. The summed E-state index contributed by atoms with van der Waals surface area (Å²) in [6.07, 6.45) is 7.41. The fourth-order valence-electron chi connectivity index (χ4n) is 3.33. The molecule has 0 bridgehead atoms. The Morgan fingerprint density at radius 3 is 3.32 bits per heavy atom. The van der Waals surface area contributed by atoms with Crippen molar-refractivity contribution in [3.05, 3.63) is 24.2 Å². The van der Waals surface area contributed by atoms with Gasteiger partial charge in [0.2, 0.25) is 0 Å². The number of rotatable bonds is 4. The minimum Gasteiger partial charge on any atom is -0.381 e. The third-order valence-corrected chi connectivity index (χ3v) is 4.64. The average Bonchev–Trinajstić information content (AvgIpc) is 3.24. The van der Waals surface area contributed by atoms with Crippen LogP contribution in [0.15, 0.2) is 18.5 Å². The highest BCUT2D eigenvalue weighted by Gasteiger charge is 2.18. The number of nitrogens with one attached hydrogen (secondary N) is 1.